The summed E-state index contributed by atoms with van der Waals surface area (Å²) in [7, 11) is -4.04. The number of carbonyl (C=O) groups is 1. The van der Waals surface area contributed by atoms with Crippen LogP contribution in [0.25, 0.3) is 0 Å². The Morgan fingerprint density at radius 1 is 1.12 bits per heavy atom. The molecule has 1 aromatic carbocycles. The van der Waals surface area contributed by atoms with Crippen molar-refractivity contribution in [2.24, 2.45) is 5.92 Å². The zero-order chi connectivity index (χ0) is 17.9. The molecular weight excluding hydrogens is 338 g/mol. The van der Waals surface area contributed by atoms with E-state index >= 15 is 0 Å². The van der Waals surface area contributed by atoms with Gasteiger partial charge in [-0.2, -0.15) is 4.31 Å². The molecule has 0 spiro atoms. The van der Waals surface area contributed by atoms with E-state index in [2.05, 4.69) is 0 Å². The Balaban J connectivity index is 2.10. The lowest BCUT2D eigenvalue weighted by atomic mass is 10.0. The second-order valence-corrected chi connectivity index (χ2v) is 7.72. The Morgan fingerprint density at radius 2 is 1.71 bits per heavy atom. The molecule has 0 unspecified atom stereocenters. The Hall–Kier alpha value is -1.54. The van der Waals surface area contributed by atoms with Crippen LogP contribution in [0, 0.1) is 17.6 Å². The number of rotatable bonds is 5. The van der Waals surface area contributed by atoms with Gasteiger partial charge in [0.2, 0.25) is 15.9 Å². The second kappa shape index (κ2) is 7.57. The number of carbonyl (C=O) groups excluding carboxylic acids is 1. The Kier molecular flexibility index (Phi) is 5.92. The van der Waals surface area contributed by atoms with Crippen LogP contribution in [0.1, 0.15) is 26.7 Å². The molecule has 8 heteroatoms. The molecule has 0 bridgehead atoms. The van der Waals surface area contributed by atoms with Gasteiger partial charge in [-0.15, -0.1) is 0 Å². The number of hydrogen-bond acceptors (Lipinski definition) is 3. The van der Waals surface area contributed by atoms with Crippen LogP contribution in [0.2, 0.25) is 0 Å². The topological polar surface area (TPSA) is 57.7 Å². The summed E-state index contributed by atoms with van der Waals surface area (Å²) in [6, 6.07) is 2.41. The van der Waals surface area contributed by atoms with Crippen molar-refractivity contribution in [3.05, 3.63) is 29.8 Å². The Morgan fingerprint density at radius 3 is 2.21 bits per heavy atom. The maximum Gasteiger partial charge on any atom is 0.246 e. The van der Waals surface area contributed by atoms with Crippen molar-refractivity contribution < 1.29 is 22.0 Å². The standard InChI is InChI=1S/C16H22F2N2O3S/c1-3-12(4-2)16(21)19-7-9-20(10-8-19)24(22,23)15-6-5-13(17)11-14(15)18/h5-6,11-12H,3-4,7-10H2,1-2H3. The molecule has 2 rings (SSSR count). The van der Waals surface area contributed by atoms with E-state index in [4.69, 9.17) is 0 Å². The molecule has 0 aromatic heterocycles. The highest BCUT2D eigenvalue weighted by Crippen LogP contribution is 2.22. The third kappa shape index (κ3) is 3.75. The lowest BCUT2D eigenvalue weighted by Gasteiger charge is -2.35. The van der Waals surface area contributed by atoms with Gasteiger partial charge < -0.3 is 4.90 Å². The summed E-state index contributed by atoms with van der Waals surface area (Å²) >= 11 is 0. The van der Waals surface area contributed by atoms with E-state index in [0.29, 0.717) is 6.07 Å². The third-order valence-corrected chi connectivity index (χ3v) is 6.33. The zero-order valence-electron chi connectivity index (χ0n) is 13.8. The van der Waals surface area contributed by atoms with Gasteiger partial charge in [0, 0.05) is 38.2 Å². The number of sulfonamides is 1. The van der Waals surface area contributed by atoms with E-state index in [1.165, 1.54) is 0 Å². The highest BCUT2D eigenvalue weighted by molar-refractivity contribution is 7.89. The fourth-order valence-corrected chi connectivity index (χ4v) is 4.34. The highest BCUT2D eigenvalue weighted by atomic mass is 32.2. The van der Waals surface area contributed by atoms with Crippen LogP contribution in [-0.2, 0) is 14.8 Å². The van der Waals surface area contributed by atoms with E-state index in [0.717, 1.165) is 29.3 Å². The van der Waals surface area contributed by atoms with Gasteiger partial charge in [0.15, 0.2) is 0 Å². The van der Waals surface area contributed by atoms with E-state index in [1.54, 1.807) is 4.90 Å². The Bertz CT molecular complexity index is 697. The van der Waals surface area contributed by atoms with E-state index in [-0.39, 0.29) is 38.0 Å². The molecule has 0 N–H and O–H groups in total. The van der Waals surface area contributed by atoms with Gasteiger partial charge in [-0.1, -0.05) is 13.8 Å². The summed E-state index contributed by atoms with van der Waals surface area (Å²) < 4.78 is 52.9. The second-order valence-electron chi connectivity index (χ2n) is 5.82. The van der Waals surface area contributed by atoms with Crippen molar-refractivity contribution in [1.82, 2.24) is 9.21 Å². The number of nitrogens with zero attached hydrogens (tertiary/aromatic N) is 2. The quantitative estimate of drug-likeness (QED) is 0.809. The predicted octanol–water partition coefficient (Wildman–Crippen LogP) is 2.23. The van der Waals surface area contributed by atoms with Crippen LogP contribution in [-0.4, -0.2) is 49.7 Å². The van der Waals surface area contributed by atoms with E-state index < -0.39 is 26.6 Å². The van der Waals surface area contributed by atoms with Crippen LogP contribution < -0.4 is 0 Å². The van der Waals surface area contributed by atoms with Gasteiger partial charge >= 0.3 is 0 Å². The summed E-state index contributed by atoms with van der Waals surface area (Å²) in [6.07, 6.45) is 1.49. The summed E-state index contributed by atoms with van der Waals surface area (Å²) in [5.74, 6) is -1.95. The number of hydrogen-bond donors (Lipinski definition) is 0. The van der Waals surface area contributed by atoms with Gasteiger partial charge in [0.25, 0.3) is 0 Å². The number of amides is 1. The maximum atomic E-state index is 13.8. The molecule has 1 saturated heterocycles. The first-order chi connectivity index (χ1) is 11.3. The minimum Gasteiger partial charge on any atom is -0.340 e. The average Bonchev–Trinajstić information content (AvgIpc) is 2.55. The number of piperazine rings is 1. The van der Waals surface area contributed by atoms with Gasteiger partial charge in [-0.3, -0.25) is 4.79 Å². The predicted molar refractivity (Wildman–Crippen MR) is 85.8 cm³/mol. The molecule has 0 saturated carbocycles. The normalized spacial score (nSPS) is 16.6. The first kappa shape index (κ1) is 18.8. The molecule has 1 heterocycles. The Labute approximate surface area is 141 Å². The van der Waals surface area contributed by atoms with Crippen molar-refractivity contribution in [3.8, 4) is 0 Å². The first-order valence-corrected chi connectivity index (χ1v) is 9.49. The number of halogens is 2. The average molecular weight is 360 g/mol. The zero-order valence-corrected chi connectivity index (χ0v) is 14.7. The van der Waals surface area contributed by atoms with E-state index in [1.807, 2.05) is 13.8 Å². The molecule has 24 heavy (non-hydrogen) atoms. The maximum absolute atomic E-state index is 13.8. The molecule has 1 aliphatic heterocycles. The molecular formula is C16H22F2N2O3S. The van der Waals surface area contributed by atoms with Crippen LogP contribution in [0.4, 0.5) is 8.78 Å². The summed E-state index contributed by atoms with van der Waals surface area (Å²) in [4.78, 5) is 13.5. The van der Waals surface area contributed by atoms with Crippen LogP contribution in [0.3, 0.4) is 0 Å². The largest absolute Gasteiger partial charge is 0.340 e. The van der Waals surface area contributed by atoms with Gasteiger partial charge in [0.1, 0.15) is 16.5 Å². The van der Waals surface area contributed by atoms with Gasteiger partial charge in [-0.05, 0) is 25.0 Å². The minimum atomic E-state index is -4.04. The molecule has 0 atom stereocenters. The van der Waals surface area contributed by atoms with Gasteiger partial charge in [-0.25, -0.2) is 17.2 Å². The third-order valence-electron chi connectivity index (χ3n) is 4.40. The minimum absolute atomic E-state index is 0.0324. The SMILES string of the molecule is CCC(CC)C(=O)N1CCN(S(=O)(=O)c2ccc(F)cc2F)CC1. The molecule has 134 valence electrons. The molecule has 1 aromatic rings. The molecule has 1 fully saturated rings. The lowest BCUT2D eigenvalue weighted by molar-refractivity contribution is -0.136. The molecule has 1 amide bonds. The van der Waals surface area contributed by atoms with E-state index in [9.17, 15) is 22.0 Å². The monoisotopic (exact) mass is 360 g/mol. The van der Waals surface area contributed by atoms with Crippen LogP contribution in [0.15, 0.2) is 23.1 Å². The first-order valence-electron chi connectivity index (χ1n) is 8.05. The fourth-order valence-electron chi connectivity index (χ4n) is 2.87. The molecule has 5 nitrogen and oxygen atoms in total. The van der Waals surface area contributed by atoms with Crippen LogP contribution >= 0.6 is 0 Å². The van der Waals surface area contributed by atoms with Crippen molar-refractivity contribution >= 4 is 15.9 Å². The summed E-state index contributed by atoms with van der Waals surface area (Å²) in [6.45, 7) is 4.65. The number of benzene rings is 1. The van der Waals surface area contributed by atoms with Gasteiger partial charge in [0.05, 0.1) is 0 Å². The van der Waals surface area contributed by atoms with Crippen molar-refractivity contribution in [1.29, 1.82) is 0 Å². The van der Waals surface area contributed by atoms with Crippen LogP contribution in [0.5, 0.6) is 0 Å². The highest BCUT2D eigenvalue weighted by Gasteiger charge is 2.33. The molecule has 0 radical (unpaired) electrons. The summed E-state index contributed by atoms with van der Waals surface area (Å²) in [5.41, 5.74) is 0. The molecule has 1 aliphatic rings. The molecule has 0 aliphatic carbocycles. The van der Waals surface area contributed by atoms with Crippen molar-refractivity contribution in [3.63, 3.8) is 0 Å². The van der Waals surface area contributed by atoms with Crippen molar-refractivity contribution in [2.75, 3.05) is 26.2 Å². The van der Waals surface area contributed by atoms with Crippen molar-refractivity contribution in [2.45, 2.75) is 31.6 Å². The smallest absolute Gasteiger partial charge is 0.246 e. The lowest BCUT2D eigenvalue weighted by Crippen LogP contribution is -2.51. The summed E-state index contributed by atoms with van der Waals surface area (Å²) in [5, 5.41) is 0. The fraction of sp³-hybridized carbons (Fsp3) is 0.562.